The van der Waals surface area contributed by atoms with Gasteiger partial charge >= 0.3 is 0 Å². The van der Waals surface area contributed by atoms with E-state index in [1.54, 1.807) is 0 Å². The van der Waals surface area contributed by atoms with Crippen molar-refractivity contribution in [2.75, 3.05) is 31.6 Å². The molecule has 3 aromatic rings. The van der Waals surface area contributed by atoms with E-state index in [1.807, 2.05) is 12.4 Å². The van der Waals surface area contributed by atoms with Crippen LogP contribution in [0, 0.1) is 11.8 Å². The Balaban J connectivity index is 1.18. The van der Waals surface area contributed by atoms with Crippen molar-refractivity contribution < 1.29 is 4.39 Å². The molecule has 0 radical (unpaired) electrons. The average Bonchev–Trinajstić information content (AvgIpc) is 3.22. The molecule has 0 amide bonds. The number of likely N-dealkylation sites (tertiary alicyclic amines) is 1. The van der Waals surface area contributed by atoms with Gasteiger partial charge in [0, 0.05) is 48.3 Å². The monoisotopic (exact) mass is 488 g/mol. The zero-order valence-electron chi connectivity index (χ0n) is 21.2. The molecule has 4 heterocycles. The number of anilines is 1. The van der Waals surface area contributed by atoms with Crippen molar-refractivity contribution in [1.82, 2.24) is 24.8 Å². The molecule has 8 rings (SSSR count). The van der Waals surface area contributed by atoms with Gasteiger partial charge in [0.05, 0.1) is 36.8 Å². The molecule has 3 aliphatic carbocycles. The van der Waals surface area contributed by atoms with E-state index in [-0.39, 0.29) is 12.7 Å². The maximum Gasteiger partial charge on any atom is 0.144 e. The van der Waals surface area contributed by atoms with Crippen molar-refractivity contribution in [3.63, 3.8) is 0 Å². The minimum absolute atomic E-state index is 0.111. The summed E-state index contributed by atoms with van der Waals surface area (Å²) in [7, 11) is 0. The van der Waals surface area contributed by atoms with Gasteiger partial charge in [-0.1, -0.05) is 18.2 Å². The number of benzene rings is 1. The quantitative estimate of drug-likeness (QED) is 0.493. The van der Waals surface area contributed by atoms with Crippen molar-refractivity contribution >= 4 is 16.7 Å². The first-order chi connectivity index (χ1) is 17.7. The summed E-state index contributed by atoms with van der Waals surface area (Å²) in [5, 5.41) is 4.87. The minimum atomic E-state index is -0.237. The van der Waals surface area contributed by atoms with Crippen LogP contribution in [-0.2, 0) is 6.42 Å². The third-order valence-corrected chi connectivity index (χ3v) is 9.37. The van der Waals surface area contributed by atoms with Crippen LogP contribution >= 0.6 is 0 Å². The number of rotatable bonds is 7. The summed E-state index contributed by atoms with van der Waals surface area (Å²) in [6.45, 7) is 4.90. The highest BCUT2D eigenvalue weighted by Crippen LogP contribution is 2.51. The van der Waals surface area contributed by atoms with Crippen LogP contribution in [0.5, 0.6) is 0 Å². The van der Waals surface area contributed by atoms with Crippen molar-refractivity contribution in [2.24, 2.45) is 11.8 Å². The number of halogens is 1. The molecule has 6 nitrogen and oxygen atoms in total. The molecule has 3 saturated carbocycles. The highest BCUT2D eigenvalue weighted by molar-refractivity contribution is 5.85. The fourth-order valence-electron chi connectivity index (χ4n) is 7.56. The van der Waals surface area contributed by atoms with E-state index in [0.29, 0.717) is 24.5 Å². The Morgan fingerprint density at radius 2 is 1.97 bits per heavy atom. The molecular weight excluding hydrogens is 451 g/mol. The van der Waals surface area contributed by atoms with Gasteiger partial charge in [0.25, 0.3) is 0 Å². The van der Waals surface area contributed by atoms with Gasteiger partial charge in [0.2, 0.25) is 0 Å². The van der Waals surface area contributed by atoms with E-state index in [2.05, 4.69) is 51.3 Å². The highest BCUT2D eigenvalue weighted by atomic mass is 19.1. The van der Waals surface area contributed by atoms with Crippen molar-refractivity contribution in [3.05, 3.63) is 53.6 Å². The normalized spacial score (nSPS) is 30.6. The summed E-state index contributed by atoms with van der Waals surface area (Å²) in [6.07, 6.45) is 11.1. The van der Waals surface area contributed by atoms with Crippen LogP contribution in [0.3, 0.4) is 0 Å². The molecule has 0 spiro atoms. The van der Waals surface area contributed by atoms with Gasteiger partial charge in [0.1, 0.15) is 5.82 Å². The van der Waals surface area contributed by atoms with E-state index in [0.717, 1.165) is 49.4 Å². The van der Waals surface area contributed by atoms with Crippen LogP contribution in [0.2, 0.25) is 0 Å². The number of fused-ring (bicyclic) bond motifs is 5. The lowest BCUT2D eigenvalue weighted by Crippen LogP contribution is -2.56. The van der Waals surface area contributed by atoms with Gasteiger partial charge in [0.15, 0.2) is 0 Å². The molecule has 36 heavy (non-hydrogen) atoms. The SMILES string of the molecule is C[C@@H]1Cc2c([nH]c3ccccc23)[C@@H](c2cnc(NC3CN(CCCF)C3)cn2)N1C1CCC2CC1C2. The van der Waals surface area contributed by atoms with Crippen LogP contribution in [0.4, 0.5) is 10.2 Å². The molecule has 7 heteroatoms. The molecule has 2 aliphatic heterocycles. The number of para-hydroxylation sites is 1. The van der Waals surface area contributed by atoms with Gasteiger partial charge in [-0.05, 0) is 68.9 Å². The topological polar surface area (TPSA) is 60.1 Å². The molecule has 2 N–H and O–H groups in total. The number of nitrogens with zero attached hydrogens (tertiary/aromatic N) is 4. The first kappa shape index (κ1) is 22.7. The molecule has 190 valence electrons. The third-order valence-electron chi connectivity index (χ3n) is 9.37. The Labute approximate surface area is 212 Å². The number of aromatic amines is 1. The maximum atomic E-state index is 12.4. The molecule has 2 aromatic heterocycles. The van der Waals surface area contributed by atoms with Crippen LogP contribution in [0.1, 0.15) is 62.0 Å². The molecular formula is C29H37FN6. The van der Waals surface area contributed by atoms with E-state index < -0.39 is 0 Å². The first-order valence-electron chi connectivity index (χ1n) is 13.9. The van der Waals surface area contributed by atoms with E-state index in [4.69, 9.17) is 9.97 Å². The number of H-pyrrole nitrogens is 1. The molecule has 1 aromatic carbocycles. The average molecular weight is 489 g/mol. The fourth-order valence-corrected chi connectivity index (χ4v) is 7.56. The van der Waals surface area contributed by atoms with Gasteiger partial charge < -0.3 is 10.3 Å². The second kappa shape index (κ2) is 9.10. The number of aromatic nitrogens is 3. The standard InChI is InChI=1S/C29H37FN6/c1-18-11-23-22-5-2-3-6-24(22)34-28(23)29(36(18)26-8-7-19-12-20(26)13-19)25-14-32-27(15-31-25)33-21-16-35(17-21)10-4-9-30/h2-3,5-6,14-15,18-21,26,29,34H,4,7-13,16-17H2,1H3,(H,32,33)/t18-,19?,20?,26?,29-/m1/s1. The van der Waals surface area contributed by atoms with Gasteiger partial charge in [-0.25, -0.2) is 4.98 Å². The molecule has 1 unspecified atom stereocenters. The molecule has 3 atom stereocenters. The highest BCUT2D eigenvalue weighted by Gasteiger charge is 2.48. The lowest BCUT2D eigenvalue weighted by Gasteiger charge is -2.55. The van der Waals surface area contributed by atoms with Crippen LogP contribution in [-0.4, -0.2) is 69.2 Å². The number of nitrogens with one attached hydrogen (secondary N) is 2. The van der Waals surface area contributed by atoms with Crippen LogP contribution in [0.25, 0.3) is 10.9 Å². The van der Waals surface area contributed by atoms with E-state index >= 15 is 0 Å². The van der Waals surface area contributed by atoms with Crippen molar-refractivity contribution in [1.29, 1.82) is 0 Å². The maximum absolute atomic E-state index is 12.4. The number of alkyl halides is 1. The smallest absolute Gasteiger partial charge is 0.144 e. The molecule has 2 bridgehead atoms. The van der Waals surface area contributed by atoms with Crippen molar-refractivity contribution in [2.45, 2.75) is 69.6 Å². The summed E-state index contributed by atoms with van der Waals surface area (Å²) in [6, 6.07) is 10.3. The summed E-state index contributed by atoms with van der Waals surface area (Å²) in [4.78, 5) is 18.7. The predicted octanol–water partition coefficient (Wildman–Crippen LogP) is 4.94. The third kappa shape index (κ3) is 3.82. The Morgan fingerprint density at radius 1 is 1.11 bits per heavy atom. The molecule has 1 saturated heterocycles. The number of hydrogen-bond donors (Lipinski definition) is 2. The van der Waals surface area contributed by atoms with Crippen LogP contribution in [0.15, 0.2) is 36.7 Å². The Bertz CT molecular complexity index is 1210. The summed E-state index contributed by atoms with van der Waals surface area (Å²) >= 11 is 0. The predicted molar refractivity (Wildman–Crippen MR) is 141 cm³/mol. The largest absolute Gasteiger partial charge is 0.363 e. The molecule has 5 aliphatic rings. The summed E-state index contributed by atoms with van der Waals surface area (Å²) in [5.74, 6) is 2.63. The van der Waals surface area contributed by atoms with Crippen molar-refractivity contribution in [3.8, 4) is 0 Å². The van der Waals surface area contributed by atoms with Gasteiger partial charge in [-0.3, -0.25) is 19.2 Å². The summed E-state index contributed by atoms with van der Waals surface area (Å²) in [5.41, 5.74) is 5.03. The van der Waals surface area contributed by atoms with Gasteiger partial charge in [-0.15, -0.1) is 0 Å². The summed E-state index contributed by atoms with van der Waals surface area (Å²) < 4.78 is 12.4. The lowest BCUT2D eigenvalue weighted by atomic mass is 9.61. The second-order valence-electron chi connectivity index (χ2n) is 11.7. The Morgan fingerprint density at radius 3 is 2.72 bits per heavy atom. The fraction of sp³-hybridized carbons (Fsp3) is 0.586. The zero-order valence-corrected chi connectivity index (χ0v) is 21.2. The zero-order chi connectivity index (χ0) is 24.2. The van der Waals surface area contributed by atoms with Gasteiger partial charge in [-0.2, -0.15) is 0 Å². The van der Waals surface area contributed by atoms with E-state index in [9.17, 15) is 4.39 Å². The first-order valence-corrected chi connectivity index (χ1v) is 13.9. The molecule has 4 fully saturated rings. The second-order valence-corrected chi connectivity index (χ2v) is 11.7. The van der Waals surface area contributed by atoms with Crippen LogP contribution < -0.4 is 5.32 Å². The lowest BCUT2D eigenvalue weighted by molar-refractivity contribution is -0.0364. The minimum Gasteiger partial charge on any atom is -0.363 e. The Kier molecular flexibility index (Phi) is 5.73. The van der Waals surface area contributed by atoms with E-state index in [1.165, 1.54) is 47.8 Å². The Hall–Kier alpha value is -2.51. The number of hydrogen-bond acceptors (Lipinski definition) is 5.